The highest BCUT2D eigenvalue weighted by Crippen LogP contribution is 2.21. The average molecular weight is 323 g/mol. The Bertz CT molecular complexity index is 536. The van der Waals surface area contributed by atoms with E-state index in [0.717, 1.165) is 29.0 Å². The minimum atomic E-state index is 0.216. The quantitative estimate of drug-likeness (QED) is 0.919. The molecule has 0 radical (unpaired) electrons. The van der Waals surface area contributed by atoms with Gasteiger partial charge in [-0.2, -0.15) is 5.10 Å². The van der Waals surface area contributed by atoms with Gasteiger partial charge in [0.05, 0.1) is 21.6 Å². The van der Waals surface area contributed by atoms with Crippen LogP contribution in [0.4, 0.5) is 0 Å². The van der Waals surface area contributed by atoms with Crippen molar-refractivity contribution in [1.29, 1.82) is 0 Å². The van der Waals surface area contributed by atoms with Gasteiger partial charge in [-0.3, -0.25) is 9.67 Å². The van der Waals surface area contributed by atoms with E-state index in [-0.39, 0.29) is 6.04 Å². The van der Waals surface area contributed by atoms with Gasteiger partial charge in [-0.1, -0.05) is 6.07 Å². The summed E-state index contributed by atoms with van der Waals surface area (Å²) in [4.78, 5) is 4.36. The number of pyridine rings is 1. The summed E-state index contributed by atoms with van der Waals surface area (Å²) in [7, 11) is 0. The maximum absolute atomic E-state index is 4.49. The Morgan fingerprint density at radius 1 is 1.42 bits per heavy atom. The van der Waals surface area contributed by atoms with Crippen LogP contribution < -0.4 is 5.32 Å². The van der Waals surface area contributed by atoms with Crippen LogP contribution in [0.15, 0.2) is 28.9 Å². The summed E-state index contributed by atoms with van der Waals surface area (Å²) in [5.74, 6) is 0. The van der Waals surface area contributed by atoms with Gasteiger partial charge < -0.3 is 5.32 Å². The summed E-state index contributed by atoms with van der Waals surface area (Å²) in [5, 5.41) is 7.98. The normalized spacial score (nSPS) is 12.6. The zero-order valence-corrected chi connectivity index (χ0v) is 13.1. The van der Waals surface area contributed by atoms with Crippen LogP contribution in [0.3, 0.4) is 0 Å². The lowest BCUT2D eigenvalue weighted by Crippen LogP contribution is -2.21. The van der Waals surface area contributed by atoms with E-state index in [4.69, 9.17) is 0 Å². The molecule has 1 atom stereocenters. The van der Waals surface area contributed by atoms with E-state index >= 15 is 0 Å². The number of rotatable bonds is 5. The Morgan fingerprint density at radius 2 is 2.21 bits per heavy atom. The van der Waals surface area contributed by atoms with Crippen LogP contribution in [0.25, 0.3) is 0 Å². The van der Waals surface area contributed by atoms with Crippen molar-refractivity contribution in [2.24, 2.45) is 0 Å². The van der Waals surface area contributed by atoms with Crippen LogP contribution >= 0.6 is 15.9 Å². The van der Waals surface area contributed by atoms with Gasteiger partial charge in [-0.25, -0.2) is 0 Å². The van der Waals surface area contributed by atoms with Crippen molar-refractivity contribution in [2.75, 3.05) is 0 Å². The summed E-state index contributed by atoms with van der Waals surface area (Å²) in [5.41, 5.74) is 3.27. The Balaban J connectivity index is 2.07. The molecule has 1 N–H and O–H groups in total. The molecule has 0 aliphatic carbocycles. The van der Waals surface area contributed by atoms with Gasteiger partial charge in [0.2, 0.25) is 0 Å². The van der Waals surface area contributed by atoms with Crippen LogP contribution in [0.5, 0.6) is 0 Å². The van der Waals surface area contributed by atoms with Crippen molar-refractivity contribution in [2.45, 2.75) is 39.9 Å². The largest absolute Gasteiger partial charge is 0.303 e. The van der Waals surface area contributed by atoms with Gasteiger partial charge >= 0.3 is 0 Å². The molecule has 0 unspecified atom stereocenters. The third kappa shape index (κ3) is 3.22. The van der Waals surface area contributed by atoms with E-state index in [0.29, 0.717) is 0 Å². The van der Waals surface area contributed by atoms with Crippen molar-refractivity contribution >= 4 is 15.9 Å². The second-order valence-corrected chi connectivity index (χ2v) is 5.31. The molecule has 0 fully saturated rings. The summed E-state index contributed by atoms with van der Waals surface area (Å²) in [6.45, 7) is 7.89. The van der Waals surface area contributed by atoms with Crippen molar-refractivity contribution in [3.05, 3.63) is 46.0 Å². The first kappa shape index (κ1) is 14.2. The molecule has 0 aliphatic rings. The molecule has 0 saturated carbocycles. The molecular formula is C14H19BrN4. The summed E-state index contributed by atoms with van der Waals surface area (Å²) in [6.07, 6.45) is 1.82. The molecular weight excluding hydrogens is 304 g/mol. The number of halogens is 1. The zero-order valence-electron chi connectivity index (χ0n) is 11.5. The lowest BCUT2D eigenvalue weighted by atomic mass is 10.2. The molecule has 0 saturated heterocycles. The second kappa shape index (κ2) is 6.30. The van der Waals surface area contributed by atoms with E-state index in [9.17, 15) is 0 Å². The lowest BCUT2D eigenvalue weighted by molar-refractivity contribution is 0.522. The summed E-state index contributed by atoms with van der Waals surface area (Å²) >= 11 is 3.61. The standard InChI is InChI=1S/C14H19BrN4/c1-4-19-13(14(15)11(3)18-19)9-17-10(2)12-7-5-6-8-16-12/h5-8,10,17H,4,9H2,1-3H3/t10-/m0/s1. The van der Waals surface area contributed by atoms with E-state index in [1.165, 1.54) is 5.69 Å². The number of aryl methyl sites for hydroxylation is 2. The fourth-order valence-electron chi connectivity index (χ4n) is 2.02. The SMILES string of the molecule is CCn1nc(C)c(Br)c1CN[C@@H](C)c1ccccn1. The molecule has 2 aromatic heterocycles. The number of aromatic nitrogens is 3. The Kier molecular flexibility index (Phi) is 4.71. The number of hydrogen-bond donors (Lipinski definition) is 1. The molecule has 102 valence electrons. The van der Waals surface area contributed by atoms with Gasteiger partial charge in [0.15, 0.2) is 0 Å². The zero-order chi connectivity index (χ0) is 13.8. The van der Waals surface area contributed by atoms with E-state index in [1.54, 1.807) is 0 Å². The van der Waals surface area contributed by atoms with Crippen molar-refractivity contribution < 1.29 is 0 Å². The van der Waals surface area contributed by atoms with Gasteiger partial charge in [-0.15, -0.1) is 0 Å². The molecule has 0 aliphatic heterocycles. The fourth-order valence-corrected chi connectivity index (χ4v) is 2.45. The summed E-state index contributed by atoms with van der Waals surface area (Å²) < 4.78 is 3.12. The van der Waals surface area contributed by atoms with Crippen molar-refractivity contribution in [1.82, 2.24) is 20.1 Å². The molecule has 2 rings (SSSR count). The molecule has 0 aromatic carbocycles. The smallest absolute Gasteiger partial charge is 0.0739 e. The predicted octanol–water partition coefficient (Wildman–Crippen LogP) is 3.22. The van der Waals surface area contributed by atoms with Gasteiger partial charge in [0, 0.05) is 25.3 Å². The fraction of sp³-hybridized carbons (Fsp3) is 0.429. The molecule has 0 amide bonds. The van der Waals surface area contributed by atoms with Gasteiger partial charge in [0.1, 0.15) is 0 Å². The van der Waals surface area contributed by atoms with E-state index in [2.05, 4.69) is 45.2 Å². The van der Waals surface area contributed by atoms with E-state index in [1.807, 2.05) is 36.0 Å². The number of hydrogen-bond acceptors (Lipinski definition) is 3. The van der Waals surface area contributed by atoms with Crippen LogP contribution in [0.1, 0.15) is 37.0 Å². The first-order valence-electron chi connectivity index (χ1n) is 6.49. The second-order valence-electron chi connectivity index (χ2n) is 4.52. The van der Waals surface area contributed by atoms with Gasteiger partial charge in [-0.05, 0) is 48.8 Å². The molecule has 2 aromatic rings. The Morgan fingerprint density at radius 3 is 2.84 bits per heavy atom. The van der Waals surface area contributed by atoms with Crippen LogP contribution in [-0.4, -0.2) is 14.8 Å². The molecule has 0 bridgehead atoms. The number of nitrogens with one attached hydrogen (secondary N) is 1. The maximum Gasteiger partial charge on any atom is 0.0739 e. The predicted molar refractivity (Wildman–Crippen MR) is 79.8 cm³/mol. The topological polar surface area (TPSA) is 42.7 Å². The summed E-state index contributed by atoms with van der Waals surface area (Å²) in [6, 6.07) is 6.20. The highest BCUT2D eigenvalue weighted by atomic mass is 79.9. The van der Waals surface area contributed by atoms with Crippen LogP contribution in [0, 0.1) is 6.92 Å². The Labute approximate surface area is 122 Å². The van der Waals surface area contributed by atoms with Crippen molar-refractivity contribution in [3.63, 3.8) is 0 Å². The minimum absolute atomic E-state index is 0.216. The molecule has 4 nitrogen and oxygen atoms in total. The van der Waals surface area contributed by atoms with Gasteiger partial charge in [0.25, 0.3) is 0 Å². The first-order valence-corrected chi connectivity index (χ1v) is 7.28. The molecule has 5 heteroatoms. The van der Waals surface area contributed by atoms with Crippen LogP contribution in [-0.2, 0) is 13.1 Å². The average Bonchev–Trinajstić information content (AvgIpc) is 2.72. The lowest BCUT2D eigenvalue weighted by Gasteiger charge is -2.14. The van der Waals surface area contributed by atoms with Crippen LogP contribution in [0.2, 0.25) is 0 Å². The third-order valence-electron chi connectivity index (χ3n) is 3.16. The molecule has 0 spiro atoms. The van der Waals surface area contributed by atoms with Crippen molar-refractivity contribution in [3.8, 4) is 0 Å². The number of nitrogens with zero attached hydrogens (tertiary/aromatic N) is 3. The minimum Gasteiger partial charge on any atom is -0.303 e. The third-order valence-corrected chi connectivity index (χ3v) is 4.19. The monoisotopic (exact) mass is 322 g/mol. The highest BCUT2D eigenvalue weighted by molar-refractivity contribution is 9.10. The first-order chi connectivity index (χ1) is 9.13. The highest BCUT2D eigenvalue weighted by Gasteiger charge is 2.13. The Hall–Kier alpha value is -1.20. The van der Waals surface area contributed by atoms with E-state index < -0.39 is 0 Å². The molecule has 19 heavy (non-hydrogen) atoms. The molecule has 2 heterocycles. The maximum atomic E-state index is 4.49.